The van der Waals surface area contributed by atoms with E-state index in [9.17, 15) is 22.8 Å². The molecule has 0 aromatic heterocycles. The molecule has 41 heavy (non-hydrogen) atoms. The summed E-state index contributed by atoms with van der Waals surface area (Å²) < 4.78 is 27.7. The molecule has 0 aliphatic carbocycles. The van der Waals surface area contributed by atoms with Crippen LogP contribution in [0.2, 0.25) is 0 Å². The SMILES string of the molecule is CC[C@H](C)NC(=O)[C@H](Cc1ccccc1)N(Cc1cccc(Br)c1)C(=O)CN(c1cccc(C(C)=O)c1)S(C)(=O)=O. The predicted molar refractivity (Wildman–Crippen MR) is 165 cm³/mol. The fourth-order valence-corrected chi connectivity index (χ4v) is 5.61. The van der Waals surface area contributed by atoms with Gasteiger partial charge in [0.2, 0.25) is 21.8 Å². The second-order valence-electron chi connectivity index (χ2n) is 10.1. The summed E-state index contributed by atoms with van der Waals surface area (Å²) in [6.45, 7) is 4.77. The Kier molecular flexibility index (Phi) is 11.3. The van der Waals surface area contributed by atoms with Crippen LogP contribution in [0.1, 0.15) is 48.7 Å². The number of nitrogens with zero attached hydrogens (tertiary/aromatic N) is 2. The van der Waals surface area contributed by atoms with Crippen LogP contribution in [0, 0.1) is 0 Å². The molecular weight excluding hydrogens is 606 g/mol. The van der Waals surface area contributed by atoms with Gasteiger partial charge in [-0.25, -0.2) is 8.42 Å². The van der Waals surface area contributed by atoms with Crippen LogP contribution >= 0.6 is 15.9 Å². The molecule has 2 amide bonds. The Balaban J connectivity index is 2.08. The van der Waals surface area contributed by atoms with E-state index in [1.807, 2.05) is 68.4 Å². The van der Waals surface area contributed by atoms with Gasteiger partial charge in [0.15, 0.2) is 5.78 Å². The maximum absolute atomic E-state index is 14.1. The number of anilines is 1. The molecule has 0 aliphatic rings. The number of carbonyl (C=O) groups excluding carboxylic acids is 3. The van der Waals surface area contributed by atoms with Crippen LogP contribution in [0.3, 0.4) is 0 Å². The number of sulfonamides is 1. The van der Waals surface area contributed by atoms with Gasteiger partial charge in [0.05, 0.1) is 11.9 Å². The second kappa shape index (κ2) is 14.4. The molecule has 10 heteroatoms. The average Bonchev–Trinajstić information content (AvgIpc) is 2.93. The molecule has 2 atom stereocenters. The number of benzene rings is 3. The van der Waals surface area contributed by atoms with Crippen molar-refractivity contribution in [3.05, 3.63) is 100 Å². The Bertz CT molecular complexity index is 1480. The van der Waals surface area contributed by atoms with Crippen molar-refractivity contribution in [2.45, 2.75) is 52.2 Å². The standard InChI is InChI=1S/C31H36BrN3O5S/c1-5-22(2)33-31(38)29(18-24-11-7-6-8-12-24)34(20-25-13-9-15-27(32)17-25)30(37)21-35(41(4,39)40)28-16-10-14-26(19-28)23(3)36/h6-17,19,22,29H,5,18,20-21H2,1-4H3,(H,33,38)/t22-,29-/m0/s1. The van der Waals surface area contributed by atoms with Crippen LogP contribution in [0.4, 0.5) is 5.69 Å². The molecule has 0 unspecified atom stereocenters. The van der Waals surface area contributed by atoms with E-state index in [1.54, 1.807) is 12.1 Å². The first-order valence-electron chi connectivity index (χ1n) is 13.4. The number of amides is 2. The van der Waals surface area contributed by atoms with Crippen molar-refractivity contribution in [1.82, 2.24) is 10.2 Å². The first-order chi connectivity index (χ1) is 19.4. The molecule has 0 radical (unpaired) electrons. The van der Waals surface area contributed by atoms with Gasteiger partial charge in [0.25, 0.3) is 0 Å². The Morgan fingerprint density at radius 2 is 1.59 bits per heavy atom. The summed E-state index contributed by atoms with van der Waals surface area (Å²) in [6.07, 6.45) is 1.95. The van der Waals surface area contributed by atoms with E-state index in [1.165, 1.54) is 24.0 Å². The summed E-state index contributed by atoms with van der Waals surface area (Å²) >= 11 is 3.47. The van der Waals surface area contributed by atoms with E-state index in [2.05, 4.69) is 21.2 Å². The number of halogens is 1. The number of hydrogen-bond donors (Lipinski definition) is 1. The summed E-state index contributed by atoms with van der Waals surface area (Å²) in [4.78, 5) is 41.3. The van der Waals surface area contributed by atoms with Gasteiger partial charge in [0.1, 0.15) is 12.6 Å². The first kappa shape index (κ1) is 32.0. The number of carbonyl (C=O) groups is 3. The zero-order chi connectivity index (χ0) is 30.2. The number of rotatable bonds is 13. The van der Waals surface area contributed by atoms with E-state index in [4.69, 9.17) is 0 Å². The van der Waals surface area contributed by atoms with Crippen LogP contribution in [0.5, 0.6) is 0 Å². The highest BCUT2D eigenvalue weighted by Crippen LogP contribution is 2.22. The van der Waals surface area contributed by atoms with Gasteiger partial charge >= 0.3 is 0 Å². The van der Waals surface area contributed by atoms with Gasteiger partial charge in [-0.1, -0.05) is 77.5 Å². The molecule has 0 saturated heterocycles. The second-order valence-corrected chi connectivity index (χ2v) is 12.9. The van der Waals surface area contributed by atoms with Gasteiger partial charge in [-0.3, -0.25) is 18.7 Å². The topological polar surface area (TPSA) is 104 Å². The molecule has 3 aromatic rings. The van der Waals surface area contributed by atoms with E-state index in [0.717, 1.165) is 26.2 Å². The molecule has 0 spiro atoms. The molecule has 3 aromatic carbocycles. The average molecular weight is 643 g/mol. The largest absolute Gasteiger partial charge is 0.352 e. The normalized spacial score (nSPS) is 12.7. The Labute approximate surface area is 250 Å². The maximum Gasteiger partial charge on any atom is 0.244 e. The smallest absolute Gasteiger partial charge is 0.244 e. The van der Waals surface area contributed by atoms with E-state index < -0.39 is 28.5 Å². The van der Waals surface area contributed by atoms with Crippen molar-refractivity contribution in [2.75, 3.05) is 17.1 Å². The lowest BCUT2D eigenvalue weighted by atomic mass is 10.0. The van der Waals surface area contributed by atoms with Crippen molar-refractivity contribution < 1.29 is 22.8 Å². The summed E-state index contributed by atoms with van der Waals surface area (Å²) in [5.41, 5.74) is 2.15. The molecular formula is C31H36BrN3O5S. The van der Waals surface area contributed by atoms with E-state index in [-0.39, 0.29) is 36.4 Å². The molecule has 0 fully saturated rings. The van der Waals surface area contributed by atoms with Crippen LogP contribution in [0.15, 0.2) is 83.3 Å². The maximum atomic E-state index is 14.1. The highest BCUT2D eigenvalue weighted by molar-refractivity contribution is 9.10. The van der Waals surface area contributed by atoms with E-state index in [0.29, 0.717) is 12.0 Å². The minimum absolute atomic E-state index is 0.0782. The Morgan fingerprint density at radius 3 is 2.20 bits per heavy atom. The number of Topliss-reactive ketones (excluding diaryl/α,β-unsaturated/α-hetero) is 1. The minimum Gasteiger partial charge on any atom is -0.352 e. The van der Waals surface area contributed by atoms with Crippen molar-refractivity contribution in [3.63, 3.8) is 0 Å². The highest BCUT2D eigenvalue weighted by Gasteiger charge is 2.33. The van der Waals surface area contributed by atoms with Crippen LogP contribution in [0.25, 0.3) is 0 Å². The summed E-state index contributed by atoms with van der Waals surface area (Å²) in [5, 5.41) is 3.01. The molecule has 0 heterocycles. The highest BCUT2D eigenvalue weighted by atomic mass is 79.9. The van der Waals surface area contributed by atoms with Crippen molar-refractivity contribution in [2.24, 2.45) is 0 Å². The van der Waals surface area contributed by atoms with Gasteiger partial charge < -0.3 is 10.2 Å². The summed E-state index contributed by atoms with van der Waals surface area (Å²) in [7, 11) is -3.93. The Morgan fingerprint density at radius 1 is 0.927 bits per heavy atom. The van der Waals surface area contributed by atoms with Crippen molar-refractivity contribution in [1.29, 1.82) is 0 Å². The van der Waals surface area contributed by atoms with Crippen molar-refractivity contribution >= 4 is 49.2 Å². The lowest BCUT2D eigenvalue weighted by molar-refractivity contribution is -0.140. The van der Waals surface area contributed by atoms with Crippen LogP contribution < -0.4 is 9.62 Å². The number of ketones is 1. The van der Waals surface area contributed by atoms with E-state index >= 15 is 0 Å². The zero-order valence-electron chi connectivity index (χ0n) is 23.7. The molecule has 0 saturated carbocycles. The quantitative estimate of drug-likeness (QED) is 0.265. The van der Waals surface area contributed by atoms with Gasteiger partial charge in [-0.2, -0.15) is 0 Å². The van der Waals surface area contributed by atoms with Crippen molar-refractivity contribution in [3.8, 4) is 0 Å². The van der Waals surface area contributed by atoms with Gasteiger partial charge in [-0.05, 0) is 55.7 Å². The Hall–Kier alpha value is -3.50. The zero-order valence-corrected chi connectivity index (χ0v) is 26.1. The molecule has 0 aliphatic heterocycles. The predicted octanol–water partition coefficient (Wildman–Crippen LogP) is 4.97. The fraction of sp³-hybridized carbons (Fsp3) is 0.323. The fourth-order valence-electron chi connectivity index (χ4n) is 4.32. The monoisotopic (exact) mass is 641 g/mol. The third kappa shape index (κ3) is 9.26. The lowest BCUT2D eigenvalue weighted by Gasteiger charge is -2.34. The minimum atomic E-state index is -3.93. The third-order valence-corrected chi connectivity index (χ3v) is 8.37. The molecule has 8 nitrogen and oxygen atoms in total. The summed E-state index contributed by atoms with van der Waals surface area (Å²) in [5.74, 6) is -1.10. The lowest BCUT2D eigenvalue weighted by Crippen LogP contribution is -2.54. The number of nitrogens with one attached hydrogen (secondary N) is 1. The summed E-state index contributed by atoms with van der Waals surface area (Å²) in [6, 6.07) is 21.9. The molecule has 218 valence electrons. The van der Waals surface area contributed by atoms with Crippen LogP contribution in [-0.2, 0) is 32.6 Å². The third-order valence-electron chi connectivity index (χ3n) is 6.73. The molecule has 1 N–H and O–H groups in total. The van der Waals surface area contributed by atoms with Gasteiger partial charge in [-0.15, -0.1) is 0 Å². The molecule has 0 bridgehead atoms. The van der Waals surface area contributed by atoms with Crippen LogP contribution in [-0.4, -0.2) is 55.8 Å². The van der Waals surface area contributed by atoms with Gasteiger partial charge in [0, 0.05) is 29.0 Å². The number of hydrogen-bond acceptors (Lipinski definition) is 5. The molecule has 3 rings (SSSR count). The first-order valence-corrected chi connectivity index (χ1v) is 16.0.